The number of hydrogen-bond acceptors (Lipinski definition) is 3. The average molecular weight is 368 g/mol. The number of amides is 2. The average Bonchev–Trinajstić information content (AvgIpc) is 3.34. The fraction of sp³-hybridized carbons (Fsp3) is 0.476. The fourth-order valence-electron chi connectivity index (χ4n) is 3.22. The lowest BCUT2D eigenvalue weighted by Crippen LogP contribution is -2.37. The molecule has 27 heavy (non-hydrogen) atoms. The Labute approximate surface area is 160 Å². The number of aromatic nitrogens is 2. The summed E-state index contributed by atoms with van der Waals surface area (Å²) in [6.45, 7) is 3.98. The molecule has 1 atom stereocenters. The number of carbonyl (C=O) groups excluding carboxylic acids is 2. The summed E-state index contributed by atoms with van der Waals surface area (Å²) in [5.74, 6) is 0.996. The van der Waals surface area contributed by atoms with Crippen LogP contribution in [0.4, 0.5) is 5.95 Å². The van der Waals surface area contributed by atoms with Crippen molar-refractivity contribution >= 4 is 17.8 Å². The SMILES string of the molecule is CCC(CC(=O)Nc1ncc[nH]1)NC(=O)c1cc(C)cc(CCC2CC2)c1. The van der Waals surface area contributed by atoms with E-state index in [0.717, 1.165) is 17.9 Å². The van der Waals surface area contributed by atoms with Gasteiger partial charge in [-0.15, -0.1) is 0 Å². The standard InChI is InChI=1S/C21H28N4O2/c1-3-18(13-19(26)25-21-22-8-9-23-21)24-20(27)17-11-14(2)10-16(12-17)7-6-15-4-5-15/h8-12,15,18H,3-7,13H2,1-2H3,(H,24,27)(H2,22,23,25,26). The highest BCUT2D eigenvalue weighted by atomic mass is 16.2. The maximum Gasteiger partial charge on any atom is 0.251 e. The number of benzene rings is 1. The number of anilines is 1. The minimum atomic E-state index is -0.220. The number of imidazole rings is 1. The predicted octanol–water partition coefficient (Wildman–Crippen LogP) is 3.60. The summed E-state index contributed by atoms with van der Waals surface area (Å²) in [6.07, 6.45) is 9.03. The van der Waals surface area contributed by atoms with Gasteiger partial charge in [0.25, 0.3) is 5.91 Å². The number of carbonyl (C=O) groups is 2. The molecule has 0 spiro atoms. The Balaban J connectivity index is 1.57. The lowest BCUT2D eigenvalue weighted by molar-refractivity contribution is -0.116. The first kappa shape index (κ1) is 19.1. The molecule has 1 fully saturated rings. The molecule has 1 heterocycles. The first-order chi connectivity index (χ1) is 13.0. The van der Waals surface area contributed by atoms with E-state index in [-0.39, 0.29) is 24.3 Å². The number of hydrogen-bond donors (Lipinski definition) is 3. The van der Waals surface area contributed by atoms with Crippen LogP contribution in [0.25, 0.3) is 0 Å². The third-order valence-corrected chi connectivity index (χ3v) is 4.95. The van der Waals surface area contributed by atoms with Gasteiger partial charge in [-0.2, -0.15) is 0 Å². The first-order valence-corrected chi connectivity index (χ1v) is 9.74. The third-order valence-electron chi connectivity index (χ3n) is 4.95. The zero-order valence-corrected chi connectivity index (χ0v) is 16.0. The lowest BCUT2D eigenvalue weighted by atomic mass is 10.0. The summed E-state index contributed by atoms with van der Waals surface area (Å²) < 4.78 is 0. The van der Waals surface area contributed by atoms with E-state index in [1.165, 1.54) is 24.8 Å². The van der Waals surface area contributed by atoms with E-state index in [1.807, 2.05) is 26.0 Å². The molecule has 6 nitrogen and oxygen atoms in total. The summed E-state index contributed by atoms with van der Waals surface area (Å²) in [6, 6.07) is 5.84. The van der Waals surface area contributed by atoms with Gasteiger partial charge in [0.05, 0.1) is 0 Å². The first-order valence-electron chi connectivity index (χ1n) is 9.74. The van der Waals surface area contributed by atoms with Crippen LogP contribution in [0.2, 0.25) is 0 Å². The zero-order chi connectivity index (χ0) is 19.2. The number of rotatable bonds is 9. The Morgan fingerprint density at radius 2 is 2.11 bits per heavy atom. The fourth-order valence-corrected chi connectivity index (χ4v) is 3.22. The Bertz CT molecular complexity index is 781. The van der Waals surface area contributed by atoms with Gasteiger partial charge in [-0.3, -0.25) is 14.9 Å². The van der Waals surface area contributed by atoms with Gasteiger partial charge in [0.2, 0.25) is 11.9 Å². The van der Waals surface area contributed by atoms with Crippen LogP contribution in [-0.4, -0.2) is 27.8 Å². The number of nitrogens with zero attached hydrogens (tertiary/aromatic N) is 1. The van der Waals surface area contributed by atoms with Gasteiger partial charge in [0.1, 0.15) is 0 Å². The Hall–Kier alpha value is -2.63. The molecular formula is C21H28N4O2. The minimum absolute atomic E-state index is 0.121. The van der Waals surface area contributed by atoms with E-state index < -0.39 is 0 Å². The van der Waals surface area contributed by atoms with Crippen LogP contribution in [0.15, 0.2) is 30.6 Å². The van der Waals surface area contributed by atoms with Gasteiger partial charge in [-0.25, -0.2) is 4.98 Å². The van der Waals surface area contributed by atoms with Crippen molar-refractivity contribution in [3.63, 3.8) is 0 Å². The highest BCUT2D eigenvalue weighted by Gasteiger charge is 2.21. The normalized spacial score (nSPS) is 14.6. The van der Waals surface area contributed by atoms with Crippen LogP contribution < -0.4 is 10.6 Å². The van der Waals surface area contributed by atoms with Gasteiger partial charge < -0.3 is 10.3 Å². The quantitative estimate of drug-likeness (QED) is 0.632. The van der Waals surface area contributed by atoms with Crippen LogP contribution in [0.5, 0.6) is 0 Å². The maximum absolute atomic E-state index is 12.7. The highest BCUT2D eigenvalue weighted by Crippen LogP contribution is 2.33. The van der Waals surface area contributed by atoms with E-state index in [4.69, 9.17) is 0 Å². The molecule has 1 aliphatic rings. The molecule has 1 aliphatic carbocycles. The largest absolute Gasteiger partial charge is 0.349 e. The molecule has 3 rings (SSSR count). The molecule has 0 saturated heterocycles. The molecular weight excluding hydrogens is 340 g/mol. The van der Waals surface area contributed by atoms with Crippen molar-refractivity contribution in [3.8, 4) is 0 Å². The Morgan fingerprint density at radius 1 is 1.30 bits per heavy atom. The van der Waals surface area contributed by atoms with Crippen molar-refractivity contribution in [2.75, 3.05) is 5.32 Å². The van der Waals surface area contributed by atoms with Crippen LogP contribution in [0.3, 0.4) is 0 Å². The maximum atomic E-state index is 12.7. The van der Waals surface area contributed by atoms with E-state index >= 15 is 0 Å². The second kappa shape index (κ2) is 8.84. The van der Waals surface area contributed by atoms with Crippen LogP contribution in [-0.2, 0) is 11.2 Å². The monoisotopic (exact) mass is 368 g/mol. The summed E-state index contributed by atoms with van der Waals surface area (Å²) in [4.78, 5) is 31.7. The molecule has 2 amide bonds. The van der Waals surface area contributed by atoms with Crippen molar-refractivity contribution in [3.05, 3.63) is 47.3 Å². The zero-order valence-electron chi connectivity index (χ0n) is 16.0. The van der Waals surface area contributed by atoms with Gasteiger partial charge >= 0.3 is 0 Å². The van der Waals surface area contributed by atoms with Crippen LogP contribution >= 0.6 is 0 Å². The minimum Gasteiger partial charge on any atom is -0.349 e. The molecule has 0 bridgehead atoms. The number of aryl methyl sites for hydroxylation is 2. The molecule has 6 heteroatoms. The summed E-state index contributed by atoms with van der Waals surface area (Å²) in [7, 11) is 0. The second-order valence-electron chi connectivity index (χ2n) is 7.46. The summed E-state index contributed by atoms with van der Waals surface area (Å²) in [5, 5.41) is 5.69. The number of H-pyrrole nitrogens is 1. The van der Waals surface area contributed by atoms with Gasteiger partial charge in [0, 0.05) is 30.4 Å². The van der Waals surface area contributed by atoms with Crippen molar-refractivity contribution in [1.29, 1.82) is 0 Å². The molecule has 144 valence electrons. The van der Waals surface area contributed by atoms with Crippen LogP contribution in [0, 0.1) is 12.8 Å². The Kier molecular flexibility index (Phi) is 6.27. The van der Waals surface area contributed by atoms with E-state index in [0.29, 0.717) is 17.9 Å². The molecule has 1 saturated carbocycles. The van der Waals surface area contributed by atoms with Crippen LogP contribution in [0.1, 0.15) is 60.5 Å². The predicted molar refractivity (Wildman–Crippen MR) is 106 cm³/mol. The topological polar surface area (TPSA) is 86.9 Å². The molecule has 0 radical (unpaired) electrons. The smallest absolute Gasteiger partial charge is 0.251 e. The number of aromatic amines is 1. The summed E-state index contributed by atoms with van der Waals surface area (Å²) in [5.41, 5.74) is 2.98. The molecule has 1 unspecified atom stereocenters. The lowest BCUT2D eigenvalue weighted by Gasteiger charge is -2.17. The second-order valence-corrected chi connectivity index (χ2v) is 7.46. The molecule has 3 N–H and O–H groups in total. The third kappa shape index (κ3) is 5.94. The van der Waals surface area contributed by atoms with Crippen molar-refractivity contribution < 1.29 is 9.59 Å². The van der Waals surface area contributed by atoms with Gasteiger partial charge in [-0.1, -0.05) is 31.4 Å². The molecule has 2 aromatic rings. The van der Waals surface area contributed by atoms with E-state index in [2.05, 4.69) is 26.7 Å². The van der Waals surface area contributed by atoms with Gasteiger partial charge in [-0.05, 0) is 49.8 Å². The molecule has 1 aromatic heterocycles. The van der Waals surface area contributed by atoms with Crippen molar-refractivity contribution in [2.24, 2.45) is 5.92 Å². The number of nitrogens with one attached hydrogen (secondary N) is 3. The van der Waals surface area contributed by atoms with Crippen molar-refractivity contribution in [2.45, 2.75) is 58.4 Å². The Morgan fingerprint density at radius 3 is 2.78 bits per heavy atom. The highest BCUT2D eigenvalue weighted by molar-refractivity contribution is 5.95. The molecule has 0 aliphatic heterocycles. The van der Waals surface area contributed by atoms with Gasteiger partial charge in [0.15, 0.2) is 0 Å². The molecule has 1 aromatic carbocycles. The summed E-state index contributed by atoms with van der Waals surface area (Å²) >= 11 is 0. The van der Waals surface area contributed by atoms with E-state index in [1.54, 1.807) is 12.4 Å². The van der Waals surface area contributed by atoms with E-state index in [9.17, 15) is 9.59 Å². The van der Waals surface area contributed by atoms with Crippen molar-refractivity contribution in [1.82, 2.24) is 15.3 Å².